The average molecular weight is 340 g/mol. The van der Waals surface area contributed by atoms with E-state index < -0.39 is 17.8 Å². The van der Waals surface area contributed by atoms with Gasteiger partial charge in [-0.3, -0.25) is 9.48 Å². The Labute approximate surface area is 133 Å². The van der Waals surface area contributed by atoms with Gasteiger partial charge >= 0.3 is 6.18 Å². The van der Waals surface area contributed by atoms with Crippen molar-refractivity contribution in [1.82, 2.24) is 9.78 Å². The van der Waals surface area contributed by atoms with Gasteiger partial charge in [0.2, 0.25) is 0 Å². The third kappa shape index (κ3) is 2.70. The molecule has 0 bridgehead atoms. The van der Waals surface area contributed by atoms with E-state index in [0.717, 1.165) is 34.4 Å². The minimum absolute atomic E-state index is 0.213. The summed E-state index contributed by atoms with van der Waals surface area (Å²) in [7, 11) is 1.27. The maximum absolute atomic E-state index is 12.7. The Kier molecular flexibility index (Phi) is 3.64. The van der Waals surface area contributed by atoms with Crippen LogP contribution in [0.2, 0.25) is 0 Å². The molecule has 0 saturated heterocycles. The van der Waals surface area contributed by atoms with Crippen molar-refractivity contribution < 1.29 is 18.0 Å². The van der Waals surface area contributed by atoms with Crippen LogP contribution in [0.5, 0.6) is 0 Å². The number of nitriles is 1. The largest absolute Gasteiger partial charge is 0.435 e. The normalized spacial score (nSPS) is 13.7. The minimum Gasteiger partial charge on any atom is -0.311 e. The lowest BCUT2D eigenvalue weighted by molar-refractivity contribution is -0.141. The standard InChI is InChI=1S/C14H11F3N4OS/c1-21-9(5-11(20-21)14(15,16)17)12(22)19-13-8(6-18)7-3-2-4-10(7)23-13/h5H,2-4H2,1H3,(H,19,22). The van der Waals surface area contributed by atoms with Crippen LogP contribution in [-0.4, -0.2) is 15.7 Å². The van der Waals surface area contributed by atoms with Crippen molar-refractivity contribution in [3.8, 4) is 6.07 Å². The Balaban J connectivity index is 1.89. The molecule has 23 heavy (non-hydrogen) atoms. The van der Waals surface area contributed by atoms with Gasteiger partial charge < -0.3 is 5.32 Å². The number of aromatic nitrogens is 2. The van der Waals surface area contributed by atoms with Crippen molar-refractivity contribution in [2.24, 2.45) is 7.05 Å². The molecule has 1 N–H and O–H groups in total. The summed E-state index contributed by atoms with van der Waals surface area (Å²) in [6.45, 7) is 0. The summed E-state index contributed by atoms with van der Waals surface area (Å²) in [4.78, 5) is 13.3. The van der Waals surface area contributed by atoms with E-state index in [1.165, 1.54) is 18.4 Å². The summed E-state index contributed by atoms with van der Waals surface area (Å²) < 4.78 is 38.8. The zero-order valence-electron chi connectivity index (χ0n) is 12.0. The van der Waals surface area contributed by atoms with Crippen LogP contribution in [0.1, 0.15) is 38.6 Å². The second-order valence-electron chi connectivity index (χ2n) is 5.16. The quantitative estimate of drug-likeness (QED) is 0.913. The van der Waals surface area contributed by atoms with Gasteiger partial charge in [-0.2, -0.15) is 23.5 Å². The van der Waals surface area contributed by atoms with Crippen LogP contribution < -0.4 is 5.32 Å². The number of anilines is 1. The van der Waals surface area contributed by atoms with E-state index in [2.05, 4.69) is 16.5 Å². The molecule has 0 fully saturated rings. The van der Waals surface area contributed by atoms with Gasteiger partial charge in [0.25, 0.3) is 5.91 Å². The molecule has 0 aliphatic heterocycles. The Morgan fingerprint density at radius 3 is 2.83 bits per heavy atom. The molecule has 9 heteroatoms. The zero-order chi connectivity index (χ0) is 16.8. The number of rotatable bonds is 2. The van der Waals surface area contributed by atoms with Gasteiger partial charge in [-0.1, -0.05) is 0 Å². The third-order valence-corrected chi connectivity index (χ3v) is 4.87. The van der Waals surface area contributed by atoms with E-state index in [4.69, 9.17) is 0 Å². The molecule has 120 valence electrons. The summed E-state index contributed by atoms with van der Waals surface area (Å²) in [6.07, 6.45) is -2.00. The maximum Gasteiger partial charge on any atom is 0.435 e. The maximum atomic E-state index is 12.7. The molecular weight excluding hydrogens is 329 g/mol. The van der Waals surface area contributed by atoms with Crippen molar-refractivity contribution in [3.63, 3.8) is 0 Å². The molecule has 0 atom stereocenters. The van der Waals surface area contributed by atoms with Crippen LogP contribution in [0, 0.1) is 11.3 Å². The lowest BCUT2D eigenvalue weighted by atomic mass is 10.1. The first-order valence-electron chi connectivity index (χ1n) is 6.78. The van der Waals surface area contributed by atoms with Gasteiger partial charge in [0.1, 0.15) is 16.8 Å². The Bertz CT molecular complexity index is 828. The highest BCUT2D eigenvalue weighted by Crippen LogP contribution is 2.38. The number of alkyl halides is 3. The van der Waals surface area contributed by atoms with Crippen molar-refractivity contribution in [2.75, 3.05) is 5.32 Å². The van der Waals surface area contributed by atoms with Gasteiger partial charge in [0, 0.05) is 18.0 Å². The summed E-state index contributed by atoms with van der Waals surface area (Å²) in [6, 6.07) is 2.77. The molecule has 3 rings (SSSR count). The van der Waals surface area contributed by atoms with Crippen molar-refractivity contribution in [3.05, 3.63) is 33.5 Å². The van der Waals surface area contributed by atoms with Crippen LogP contribution in [0.4, 0.5) is 18.2 Å². The topological polar surface area (TPSA) is 70.7 Å². The number of hydrogen-bond donors (Lipinski definition) is 1. The number of carbonyl (C=O) groups excluding carboxylic acids is 1. The number of amides is 1. The summed E-state index contributed by atoms with van der Waals surface area (Å²) >= 11 is 1.31. The molecule has 0 aromatic carbocycles. The first-order valence-corrected chi connectivity index (χ1v) is 7.60. The minimum atomic E-state index is -4.61. The predicted molar refractivity (Wildman–Crippen MR) is 77.2 cm³/mol. The lowest BCUT2D eigenvalue weighted by Crippen LogP contribution is -2.16. The molecule has 0 unspecified atom stereocenters. The molecule has 2 heterocycles. The fourth-order valence-corrected chi connectivity index (χ4v) is 3.83. The van der Waals surface area contributed by atoms with Gasteiger partial charge in [-0.15, -0.1) is 11.3 Å². The predicted octanol–water partition coefficient (Wildman–Crippen LogP) is 3.11. The highest BCUT2D eigenvalue weighted by atomic mass is 32.1. The van der Waals surface area contributed by atoms with Gasteiger partial charge in [-0.05, 0) is 24.8 Å². The zero-order valence-corrected chi connectivity index (χ0v) is 12.8. The Morgan fingerprint density at radius 2 is 2.22 bits per heavy atom. The number of carbonyl (C=O) groups is 1. The fourth-order valence-electron chi connectivity index (χ4n) is 2.60. The molecule has 1 amide bonds. The fraction of sp³-hybridized carbons (Fsp3) is 0.357. The molecule has 0 spiro atoms. The van der Waals surface area contributed by atoms with Crippen molar-refractivity contribution >= 4 is 22.2 Å². The molecular formula is C14H11F3N4OS. The third-order valence-electron chi connectivity index (χ3n) is 3.66. The Hall–Kier alpha value is -2.34. The van der Waals surface area contributed by atoms with Gasteiger partial charge in [-0.25, -0.2) is 0 Å². The first kappa shape index (κ1) is 15.6. The van der Waals surface area contributed by atoms with Crippen LogP contribution in [0.3, 0.4) is 0 Å². The van der Waals surface area contributed by atoms with E-state index in [1.54, 1.807) is 0 Å². The van der Waals surface area contributed by atoms with Crippen LogP contribution in [0.25, 0.3) is 0 Å². The molecule has 1 aliphatic rings. The average Bonchev–Trinajstić information content (AvgIpc) is 3.11. The number of thiophene rings is 1. The Morgan fingerprint density at radius 1 is 1.48 bits per heavy atom. The second kappa shape index (κ2) is 5.38. The molecule has 0 saturated carbocycles. The highest BCUT2D eigenvalue weighted by Gasteiger charge is 2.35. The summed E-state index contributed by atoms with van der Waals surface area (Å²) in [5, 5.41) is 15.5. The summed E-state index contributed by atoms with van der Waals surface area (Å²) in [5.41, 5.74) is 0.0111. The van der Waals surface area contributed by atoms with E-state index in [-0.39, 0.29) is 5.69 Å². The second-order valence-corrected chi connectivity index (χ2v) is 6.27. The van der Waals surface area contributed by atoms with Crippen LogP contribution >= 0.6 is 11.3 Å². The van der Waals surface area contributed by atoms with Gasteiger partial charge in [0.05, 0.1) is 5.56 Å². The van der Waals surface area contributed by atoms with Crippen molar-refractivity contribution in [1.29, 1.82) is 5.26 Å². The number of nitrogens with zero attached hydrogens (tertiary/aromatic N) is 3. The van der Waals surface area contributed by atoms with Gasteiger partial charge in [0.15, 0.2) is 5.69 Å². The number of nitrogens with one attached hydrogen (secondary N) is 1. The van der Waals surface area contributed by atoms with Crippen LogP contribution in [0.15, 0.2) is 6.07 Å². The molecule has 1 aliphatic carbocycles. The number of hydrogen-bond acceptors (Lipinski definition) is 4. The first-order chi connectivity index (χ1) is 10.8. The van der Waals surface area contributed by atoms with E-state index in [0.29, 0.717) is 16.6 Å². The van der Waals surface area contributed by atoms with E-state index in [9.17, 15) is 23.2 Å². The number of aryl methyl sites for hydroxylation is 2. The van der Waals surface area contributed by atoms with Crippen molar-refractivity contribution in [2.45, 2.75) is 25.4 Å². The molecule has 0 radical (unpaired) electrons. The number of fused-ring (bicyclic) bond motifs is 1. The van der Waals surface area contributed by atoms with E-state index in [1.807, 2.05) is 0 Å². The number of halogens is 3. The monoisotopic (exact) mass is 340 g/mol. The molecule has 2 aromatic heterocycles. The smallest absolute Gasteiger partial charge is 0.311 e. The van der Waals surface area contributed by atoms with Crippen LogP contribution in [-0.2, 0) is 26.1 Å². The summed E-state index contributed by atoms with van der Waals surface area (Å²) in [5.74, 6) is -0.716. The van der Waals surface area contributed by atoms with E-state index >= 15 is 0 Å². The molecule has 5 nitrogen and oxygen atoms in total. The lowest BCUT2D eigenvalue weighted by Gasteiger charge is -2.04. The highest BCUT2D eigenvalue weighted by molar-refractivity contribution is 7.16. The SMILES string of the molecule is Cn1nc(C(F)(F)F)cc1C(=O)Nc1sc2c(c1C#N)CCC2. The molecule has 2 aromatic rings.